The smallest absolute Gasteiger partial charge is 0.254 e. The third kappa shape index (κ3) is 3.72. The van der Waals surface area contributed by atoms with E-state index in [1.54, 1.807) is 23.1 Å². The number of thiazole rings is 1. The maximum Gasteiger partial charge on any atom is 0.254 e. The molecule has 0 atom stereocenters. The summed E-state index contributed by atoms with van der Waals surface area (Å²) in [6.45, 7) is 9.67. The number of likely N-dealkylation sites (tertiary alicyclic amines) is 1. The number of Topliss-reactive ketones (excluding diaryl/α,β-unsaturated/α-hetero) is 1. The molecule has 3 heterocycles. The van der Waals surface area contributed by atoms with Crippen LogP contribution in [0.3, 0.4) is 0 Å². The summed E-state index contributed by atoms with van der Waals surface area (Å²) in [4.78, 5) is 34.2. The highest BCUT2D eigenvalue weighted by Gasteiger charge is 2.44. The van der Waals surface area contributed by atoms with Crippen molar-refractivity contribution in [2.45, 2.75) is 58.8 Å². The molecule has 1 amide bonds. The van der Waals surface area contributed by atoms with Crippen LogP contribution in [-0.2, 0) is 18.9 Å². The Kier molecular flexibility index (Phi) is 5.35. The number of carbonyl (C=O) groups excluding carboxylic acids is 2. The molecule has 2 aliphatic rings. The molecule has 1 aromatic carbocycles. The van der Waals surface area contributed by atoms with Crippen molar-refractivity contribution < 1.29 is 14.3 Å². The van der Waals surface area contributed by atoms with Crippen molar-refractivity contribution in [1.82, 2.24) is 19.7 Å². The molecule has 5 rings (SSSR count). The largest absolute Gasteiger partial charge is 0.494 e. The molecule has 1 aliphatic heterocycles. The average molecular weight is 481 g/mol. The van der Waals surface area contributed by atoms with Crippen molar-refractivity contribution in [3.63, 3.8) is 0 Å². The molecule has 2 aromatic heterocycles. The van der Waals surface area contributed by atoms with E-state index in [1.165, 1.54) is 0 Å². The van der Waals surface area contributed by atoms with E-state index in [0.717, 1.165) is 45.7 Å². The van der Waals surface area contributed by atoms with Gasteiger partial charge in [-0.15, -0.1) is 11.3 Å². The van der Waals surface area contributed by atoms with E-state index in [1.807, 2.05) is 31.0 Å². The minimum absolute atomic E-state index is 0.00828. The summed E-state index contributed by atoms with van der Waals surface area (Å²) in [5.74, 6) is 0.826. The molecule has 0 unspecified atom stereocenters. The number of methoxy groups -OCH3 is 1. The fraction of sp³-hybridized carbons (Fsp3) is 0.538. The number of ether oxygens (including phenoxy) is 1. The number of aryl methyl sites for hydroxylation is 2. The molecule has 1 aliphatic carbocycles. The van der Waals surface area contributed by atoms with Gasteiger partial charge in [0.2, 0.25) is 0 Å². The number of benzene rings is 1. The summed E-state index contributed by atoms with van der Waals surface area (Å²) < 4.78 is 7.38. The van der Waals surface area contributed by atoms with E-state index in [0.29, 0.717) is 36.5 Å². The Balaban J connectivity index is 1.36. The number of amides is 1. The highest BCUT2D eigenvalue weighted by Crippen LogP contribution is 2.46. The van der Waals surface area contributed by atoms with Crippen LogP contribution in [0.5, 0.6) is 5.75 Å². The second-order valence-corrected chi connectivity index (χ2v) is 12.0. The molecule has 0 N–H and O–H groups in total. The number of carbonyl (C=O) groups is 2. The third-order valence-electron chi connectivity index (χ3n) is 7.34. The van der Waals surface area contributed by atoms with Crippen LogP contribution >= 0.6 is 11.3 Å². The zero-order chi connectivity index (χ0) is 24.4. The van der Waals surface area contributed by atoms with Crippen molar-refractivity contribution >= 4 is 33.9 Å². The molecular weight excluding hydrogens is 448 g/mol. The summed E-state index contributed by atoms with van der Waals surface area (Å²) in [7, 11) is 3.50. The van der Waals surface area contributed by atoms with Gasteiger partial charge in [-0.1, -0.05) is 20.8 Å². The summed E-state index contributed by atoms with van der Waals surface area (Å²) in [6, 6.07) is 3.74. The fourth-order valence-electron chi connectivity index (χ4n) is 5.38. The van der Waals surface area contributed by atoms with Crippen molar-refractivity contribution in [3.05, 3.63) is 39.0 Å². The van der Waals surface area contributed by atoms with Gasteiger partial charge >= 0.3 is 0 Å². The number of hydrogen-bond donors (Lipinski definition) is 0. The molecular formula is C26H32N4O3S. The average Bonchev–Trinajstić information content (AvgIpc) is 3.34. The van der Waals surface area contributed by atoms with Crippen LogP contribution in [0, 0.1) is 12.3 Å². The van der Waals surface area contributed by atoms with E-state index in [4.69, 9.17) is 9.72 Å². The van der Waals surface area contributed by atoms with Crippen molar-refractivity contribution in [2.75, 3.05) is 20.2 Å². The third-order valence-corrected chi connectivity index (χ3v) is 8.82. The maximum absolute atomic E-state index is 13.4. The first kappa shape index (κ1) is 23.0. The van der Waals surface area contributed by atoms with Crippen LogP contribution in [0.2, 0.25) is 0 Å². The lowest BCUT2D eigenvalue weighted by Gasteiger charge is -2.43. The number of ketones is 1. The van der Waals surface area contributed by atoms with Gasteiger partial charge in [-0.05, 0) is 43.7 Å². The van der Waals surface area contributed by atoms with Crippen molar-refractivity contribution in [1.29, 1.82) is 0 Å². The molecule has 0 radical (unpaired) electrons. The Labute approximate surface area is 204 Å². The quantitative estimate of drug-likeness (QED) is 0.532. The lowest BCUT2D eigenvalue weighted by molar-refractivity contribution is 0.0522. The summed E-state index contributed by atoms with van der Waals surface area (Å²) in [6.07, 6.45) is 3.08. The number of piperidine rings is 1. The zero-order valence-electron chi connectivity index (χ0n) is 20.8. The molecule has 1 saturated heterocycles. The predicted octanol–water partition coefficient (Wildman–Crippen LogP) is 4.70. The van der Waals surface area contributed by atoms with Crippen molar-refractivity contribution in [2.24, 2.45) is 12.5 Å². The van der Waals surface area contributed by atoms with E-state index >= 15 is 0 Å². The molecule has 0 bridgehead atoms. The van der Waals surface area contributed by atoms with E-state index in [9.17, 15) is 9.59 Å². The van der Waals surface area contributed by atoms with Crippen LogP contribution in [0.4, 0.5) is 0 Å². The molecule has 7 nitrogen and oxygen atoms in total. The lowest BCUT2D eigenvalue weighted by Crippen LogP contribution is -2.46. The second-order valence-electron chi connectivity index (χ2n) is 10.9. The minimum Gasteiger partial charge on any atom is -0.494 e. The first-order chi connectivity index (χ1) is 16.0. The monoisotopic (exact) mass is 480 g/mol. The minimum atomic E-state index is -0.0653. The summed E-state index contributed by atoms with van der Waals surface area (Å²) in [5.41, 5.74) is 2.95. The van der Waals surface area contributed by atoms with Gasteiger partial charge in [-0.25, -0.2) is 4.98 Å². The van der Waals surface area contributed by atoms with Gasteiger partial charge in [0.25, 0.3) is 5.91 Å². The van der Waals surface area contributed by atoms with Gasteiger partial charge in [0.15, 0.2) is 5.78 Å². The lowest BCUT2D eigenvalue weighted by atomic mass is 9.68. The topological polar surface area (TPSA) is 77.3 Å². The Hall–Kier alpha value is -2.74. The second kappa shape index (κ2) is 7.90. The molecule has 34 heavy (non-hydrogen) atoms. The maximum atomic E-state index is 13.4. The summed E-state index contributed by atoms with van der Waals surface area (Å²) >= 11 is 1.69. The molecule has 180 valence electrons. The van der Waals surface area contributed by atoms with E-state index < -0.39 is 0 Å². The van der Waals surface area contributed by atoms with E-state index in [-0.39, 0.29) is 22.5 Å². The highest BCUT2D eigenvalue weighted by atomic mass is 32.1. The number of rotatable bonds is 2. The standard InChI is InChI=1S/C26H32N4O3S/c1-15-17-11-16(12-19(33-6)22(17)29(5)28-15)23(32)30-9-7-26(8-10-30)13-18(31)21-20(14-26)34-24(27-21)25(2,3)4/h11-12H,7-10,13-14H2,1-6H3. The van der Waals surface area contributed by atoms with Crippen LogP contribution < -0.4 is 4.74 Å². The predicted molar refractivity (Wildman–Crippen MR) is 133 cm³/mol. The van der Waals surface area contributed by atoms with Gasteiger partial charge < -0.3 is 9.64 Å². The van der Waals surface area contributed by atoms with Gasteiger partial charge in [0.1, 0.15) is 17.0 Å². The van der Waals surface area contributed by atoms with Gasteiger partial charge in [-0.2, -0.15) is 5.10 Å². The fourth-order valence-corrected chi connectivity index (χ4v) is 6.69. The first-order valence-corrected chi connectivity index (χ1v) is 12.7. The zero-order valence-corrected chi connectivity index (χ0v) is 21.6. The summed E-state index contributed by atoms with van der Waals surface area (Å²) in [5, 5.41) is 6.45. The molecule has 1 fully saturated rings. The number of hydrogen-bond acceptors (Lipinski definition) is 6. The van der Waals surface area contributed by atoms with Gasteiger partial charge in [-0.3, -0.25) is 14.3 Å². The van der Waals surface area contributed by atoms with Gasteiger partial charge in [0, 0.05) is 47.8 Å². The van der Waals surface area contributed by atoms with Crippen molar-refractivity contribution in [3.8, 4) is 5.75 Å². The van der Waals surface area contributed by atoms with Crippen LogP contribution in [-0.4, -0.2) is 51.6 Å². The Bertz CT molecular complexity index is 1310. The van der Waals surface area contributed by atoms with Crippen LogP contribution in [0.25, 0.3) is 10.9 Å². The van der Waals surface area contributed by atoms with Gasteiger partial charge in [0.05, 0.1) is 17.8 Å². The number of fused-ring (bicyclic) bond motifs is 2. The Morgan fingerprint density at radius 1 is 1.18 bits per heavy atom. The molecule has 8 heteroatoms. The highest BCUT2D eigenvalue weighted by molar-refractivity contribution is 7.12. The number of aromatic nitrogens is 3. The Morgan fingerprint density at radius 2 is 1.88 bits per heavy atom. The molecule has 1 spiro atoms. The SMILES string of the molecule is COc1cc(C(=O)N2CCC3(CC2)CC(=O)c2nc(C(C)(C)C)sc2C3)cc2c(C)nn(C)c12. The normalized spacial score (nSPS) is 17.9. The van der Waals surface area contributed by atoms with E-state index in [2.05, 4.69) is 25.9 Å². The Morgan fingerprint density at radius 3 is 2.53 bits per heavy atom. The van der Waals surface area contributed by atoms with Crippen LogP contribution in [0.1, 0.15) is 76.5 Å². The first-order valence-electron chi connectivity index (χ1n) is 11.9. The number of nitrogens with zero attached hydrogens (tertiary/aromatic N) is 4. The van der Waals surface area contributed by atoms with Crippen LogP contribution in [0.15, 0.2) is 12.1 Å². The molecule has 0 saturated carbocycles. The molecule has 3 aromatic rings.